The molecule has 6 heteroatoms. The number of hydrogen-bond acceptors (Lipinski definition) is 5. The number of carbonyl (C=O) groups is 1. The van der Waals surface area contributed by atoms with Crippen molar-refractivity contribution < 1.29 is 4.79 Å². The molecule has 1 aliphatic rings. The maximum Gasteiger partial charge on any atom is 0.227 e. The average Bonchev–Trinajstić information content (AvgIpc) is 2.82. The Balaban J connectivity index is 2.15. The van der Waals surface area contributed by atoms with Gasteiger partial charge in [0, 0.05) is 27.2 Å². The molecule has 1 aromatic rings. The SMILES string of the molecule is CNC(=O)C1(C)CCN(c2cncc(NC)n2)C1. The quantitative estimate of drug-likeness (QED) is 0.815. The molecule has 2 heterocycles. The van der Waals surface area contributed by atoms with E-state index in [1.54, 1.807) is 19.4 Å². The summed E-state index contributed by atoms with van der Waals surface area (Å²) in [5.41, 5.74) is -0.341. The molecule has 1 aromatic heterocycles. The van der Waals surface area contributed by atoms with Crippen LogP contribution in [0.15, 0.2) is 12.4 Å². The average molecular weight is 249 g/mol. The third kappa shape index (κ3) is 2.23. The lowest BCUT2D eigenvalue weighted by molar-refractivity contribution is -0.128. The van der Waals surface area contributed by atoms with Crippen LogP contribution in [0.4, 0.5) is 11.6 Å². The largest absolute Gasteiger partial charge is 0.372 e. The van der Waals surface area contributed by atoms with Crippen molar-refractivity contribution in [2.24, 2.45) is 5.41 Å². The second kappa shape index (κ2) is 4.80. The molecule has 2 rings (SSSR count). The Morgan fingerprint density at radius 2 is 2.22 bits per heavy atom. The van der Waals surface area contributed by atoms with E-state index in [-0.39, 0.29) is 11.3 Å². The maximum absolute atomic E-state index is 11.8. The van der Waals surface area contributed by atoms with Crippen LogP contribution in [0.2, 0.25) is 0 Å². The van der Waals surface area contributed by atoms with Gasteiger partial charge in [-0.25, -0.2) is 4.98 Å². The monoisotopic (exact) mass is 249 g/mol. The minimum atomic E-state index is -0.341. The molecule has 0 saturated carbocycles. The summed E-state index contributed by atoms with van der Waals surface area (Å²) in [6.07, 6.45) is 4.24. The summed E-state index contributed by atoms with van der Waals surface area (Å²) in [5.74, 6) is 1.64. The van der Waals surface area contributed by atoms with Gasteiger partial charge in [0.15, 0.2) is 0 Å². The number of rotatable bonds is 3. The van der Waals surface area contributed by atoms with E-state index in [0.717, 1.165) is 24.6 Å². The van der Waals surface area contributed by atoms with Crippen LogP contribution in [0.3, 0.4) is 0 Å². The molecule has 1 aliphatic heterocycles. The molecule has 0 bridgehead atoms. The molecule has 0 radical (unpaired) electrons. The van der Waals surface area contributed by atoms with E-state index in [4.69, 9.17) is 0 Å². The van der Waals surface area contributed by atoms with Gasteiger partial charge < -0.3 is 15.5 Å². The van der Waals surface area contributed by atoms with E-state index in [2.05, 4.69) is 25.5 Å². The standard InChI is InChI=1S/C12H19N5O/c1-12(11(18)14-3)4-5-17(8-12)10-7-15-6-9(13-2)16-10/h6-7H,4-5,8H2,1-3H3,(H,13,16)(H,14,18). The molecule has 1 saturated heterocycles. The lowest BCUT2D eigenvalue weighted by atomic mass is 9.89. The highest BCUT2D eigenvalue weighted by atomic mass is 16.2. The Bertz CT molecular complexity index is 450. The van der Waals surface area contributed by atoms with Crippen molar-refractivity contribution in [1.82, 2.24) is 15.3 Å². The number of anilines is 2. The fourth-order valence-electron chi connectivity index (χ4n) is 2.27. The maximum atomic E-state index is 11.8. The molecule has 1 fully saturated rings. The topological polar surface area (TPSA) is 70.2 Å². The first-order valence-corrected chi connectivity index (χ1v) is 6.06. The van der Waals surface area contributed by atoms with Crippen LogP contribution >= 0.6 is 0 Å². The molecular weight excluding hydrogens is 230 g/mol. The number of nitrogens with zero attached hydrogens (tertiary/aromatic N) is 3. The first-order chi connectivity index (χ1) is 8.59. The molecule has 6 nitrogen and oxygen atoms in total. The summed E-state index contributed by atoms with van der Waals surface area (Å²) in [7, 11) is 3.49. The summed E-state index contributed by atoms with van der Waals surface area (Å²) in [5, 5.41) is 5.69. The molecule has 1 unspecified atom stereocenters. The van der Waals surface area contributed by atoms with E-state index in [9.17, 15) is 4.79 Å². The van der Waals surface area contributed by atoms with Gasteiger partial charge in [0.05, 0.1) is 17.8 Å². The van der Waals surface area contributed by atoms with Crippen LogP contribution in [0.1, 0.15) is 13.3 Å². The van der Waals surface area contributed by atoms with E-state index in [1.165, 1.54) is 0 Å². The number of aromatic nitrogens is 2. The predicted molar refractivity (Wildman–Crippen MR) is 70.6 cm³/mol. The highest BCUT2D eigenvalue weighted by Crippen LogP contribution is 2.32. The second-order valence-electron chi connectivity index (χ2n) is 4.82. The van der Waals surface area contributed by atoms with Crippen LogP contribution in [-0.4, -0.2) is 43.1 Å². The van der Waals surface area contributed by atoms with Crippen LogP contribution in [0, 0.1) is 5.41 Å². The predicted octanol–water partition coefficient (Wildman–Crippen LogP) is 0.481. The van der Waals surface area contributed by atoms with Crippen molar-refractivity contribution in [3.63, 3.8) is 0 Å². The normalized spacial score (nSPS) is 22.9. The van der Waals surface area contributed by atoms with Crippen molar-refractivity contribution in [1.29, 1.82) is 0 Å². The molecule has 1 atom stereocenters. The number of carbonyl (C=O) groups excluding carboxylic acids is 1. The van der Waals surface area contributed by atoms with Crippen LogP contribution in [-0.2, 0) is 4.79 Å². The van der Waals surface area contributed by atoms with Crippen molar-refractivity contribution in [3.8, 4) is 0 Å². The van der Waals surface area contributed by atoms with Gasteiger partial charge in [-0.2, -0.15) is 0 Å². The fourth-order valence-corrected chi connectivity index (χ4v) is 2.27. The number of amides is 1. The van der Waals surface area contributed by atoms with E-state index < -0.39 is 0 Å². The van der Waals surface area contributed by atoms with Crippen molar-refractivity contribution in [2.75, 3.05) is 37.4 Å². The lowest BCUT2D eigenvalue weighted by Crippen LogP contribution is -2.39. The van der Waals surface area contributed by atoms with Gasteiger partial charge in [0.25, 0.3) is 0 Å². The van der Waals surface area contributed by atoms with Crippen molar-refractivity contribution >= 4 is 17.5 Å². The highest BCUT2D eigenvalue weighted by Gasteiger charge is 2.40. The molecule has 0 spiro atoms. The minimum Gasteiger partial charge on any atom is -0.372 e. The summed E-state index contributed by atoms with van der Waals surface area (Å²) in [4.78, 5) is 22.5. The van der Waals surface area contributed by atoms with Gasteiger partial charge in [-0.1, -0.05) is 0 Å². The summed E-state index contributed by atoms with van der Waals surface area (Å²) < 4.78 is 0. The zero-order valence-corrected chi connectivity index (χ0v) is 11.0. The molecule has 98 valence electrons. The van der Waals surface area contributed by atoms with Crippen LogP contribution < -0.4 is 15.5 Å². The lowest BCUT2D eigenvalue weighted by Gasteiger charge is -2.23. The Morgan fingerprint density at radius 3 is 2.89 bits per heavy atom. The molecule has 2 N–H and O–H groups in total. The first-order valence-electron chi connectivity index (χ1n) is 6.06. The Morgan fingerprint density at radius 1 is 1.44 bits per heavy atom. The van der Waals surface area contributed by atoms with Gasteiger partial charge in [0.2, 0.25) is 5.91 Å². The van der Waals surface area contributed by atoms with E-state index in [0.29, 0.717) is 6.54 Å². The van der Waals surface area contributed by atoms with Gasteiger partial charge in [-0.05, 0) is 13.3 Å². The van der Waals surface area contributed by atoms with Gasteiger partial charge >= 0.3 is 0 Å². The highest BCUT2D eigenvalue weighted by molar-refractivity contribution is 5.83. The van der Waals surface area contributed by atoms with Crippen LogP contribution in [0.25, 0.3) is 0 Å². The number of nitrogens with one attached hydrogen (secondary N) is 2. The van der Waals surface area contributed by atoms with Crippen molar-refractivity contribution in [3.05, 3.63) is 12.4 Å². The molecule has 0 aromatic carbocycles. The van der Waals surface area contributed by atoms with E-state index >= 15 is 0 Å². The molecule has 0 aliphatic carbocycles. The second-order valence-corrected chi connectivity index (χ2v) is 4.82. The zero-order valence-electron chi connectivity index (χ0n) is 11.0. The molecular formula is C12H19N5O. The van der Waals surface area contributed by atoms with Crippen LogP contribution in [0.5, 0.6) is 0 Å². The summed E-state index contributed by atoms with van der Waals surface area (Å²) in [6, 6.07) is 0. The smallest absolute Gasteiger partial charge is 0.227 e. The Hall–Kier alpha value is -1.85. The fraction of sp³-hybridized carbons (Fsp3) is 0.583. The molecule has 18 heavy (non-hydrogen) atoms. The van der Waals surface area contributed by atoms with Gasteiger partial charge in [-0.3, -0.25) is 9.78 Å². The molecule has 1 amide bonds. The van der Waals surface area contributed by atoms with E-state index in [1.807, 2.05) is 14.0 Å². The Kier molecular flexibility index (Phi) is 3.36. The van der Waals surface area contributed by atoms with Gasteiger partial charge in [0.1, 0.15) is 11.6 Å². The summed E-state index contributed by atoms with van der Waals surface area (Å²) >= 11 is 0. The first kappa shape index (κ1) is 12.6. The zero-order chi connectivity index (χ0) is 13.2. The number of hydrogen-bond donors (Lipinski definition) is 2. The van der Waals surface area contributed by atoms with Crippen molar-refractivity contribution in [2.45, 2.75) is 13.3 Å². The summed E-state index contributed by atoms with van der Waals surface area (Å²) in [6.45, 7) is 3.49. The van der Waals surface area contributed by atoms with Gasteiger partial charge in [-0.15, -0.1) is 0 Å². The minimum absolute atomic E-state index is 0.0859. The Labute approximate surface area is 107 Å². The third-order valence-corrected chi connectivity index (χ3v) is 3.45. The third-order valence-electron chi connectivity index (χ3n) is 3.45.